The summed E-state index contributed by atoms with van der Waals surface area (Å²) in [7, 11) is 0. The van der Waals surface area contributed by atoms with Gasteiger partial charge in [-0.15, -0.1) is 5.10 Å². The van der Waals surface area contributed by atoms with Gasteiger partial charge in [0.15, 0.2) is 0 Å². The van der Waals surface area contributed by atoms with Crippen molar-refractivity contribution in [3.05, 3.63) is 11.1 Å². The molecule has 0 fully saturated rings. The summed E-state index contributed by atoms with van der Waals surface area (Å²) in [5.74, 6) is 0. The van der Waals surface area contributed by atoms with Crippen molar-refractivity contribution in [3.8, 4) is 0 Å². The molecular weight excluding hydrogens is 158 g/mol. The second kappa shape index (κ2) is 4.41. The third kappa shape index (κ3) is 2.95. The summed E-state index contributed by atoms with van der Waals surface area (Å²) >= 11 is 1.40. The Balaban J connectivity index is 2.23. The van der Waals surface area contributed by atoms with E-state index in [4.69, 9.17) is 0 Å². The second-order valence-corrected chi connectivity index (χ2v) is 3.20. The van der Waals surface area contributed by atoms with Crippen LogP contribution in [0.4, 0.5) is 0 Å². The average molecular weight is 171 g/mol. The molecule has 1 rings (SSSR count). The highest BCUT2D eigenvalue weighted by Crippen LogP contribution is 1.97. The Morgan fingerprint density at radius 2 is 2.55 bits per heavy atom. The SMILES string of the molecule is CCC(C)NCc1csnn1. The summed E-state index contributed by atoms with van der Waals surface area (Å²) in [5, 5.41) is 9.23. The molecule has 1 unspecified atom stereocenters. The van der Waals surface area contributed by atoms with Crippen LogP contribution in [0.1, 0.15) is 26.0 Å². The minimum absolute atomic E-state index is 0.566. The lowest BCUT2D eigenvalue weighted by atomic mass is 10.2. The van der Waals surface area contributed by atoms with Gasteiger partial charge in [0.25, 0.3) is 0 Å². The van der Waals surface area contributed by atoms with Crippen molar-refractivity contribution in [3.63, 3.8) is 0 Å². The second-order valence-electron chi connectivity index (χ2n) is 2.59. The van der Waals surface area contributed by atoms with E-state index in [1.165, 1.54) is 11.5 Å². The highest BCUT2D eigenvalue weighted by molar-refractivity contribution is 7.03. The zero-order chi connectivity index (χ0) is 8.10. The molecule has 1 atom stereocenters. The Morgan fingerprint density at radius 3 is 3.09 bits per heavy atom. The molecule has 0 radical (unpaired) electrons. The quantitative estimate of drug-likeness (QED) is 0.744. The molecule has 4 heteroatoms. The molecule has 62 valence electrons. The van der Waals surface area contributed by atoms with Crippen LogP contribution >= 0.6 is 11.5 Å². The Kier molecular flexibility index (Phi) is 3.45. The lowest BCUT2D eigenvalue weighted by Gasteiger charge is -2.08. The van der Waals surface area contributed by atoms with Crippen LogP contribution in [0.5, 0.6) is 0 Å². The van der Waals surface area contributed by atoms with Gasteiger partial charge in [-0.3, -0.25) is 0 Å². The maximum atomic E-state index is 3.93. The largest absolute Gasteiger partial charge is 0.309 e. The van der Waals surface area contributed by atoms with Crippen LogP contribution in [0.2, 0.25) is 0 Å². The van der Waals surface area contributed by atoms with E-state index in [0.717, 1.165) is 18.7 Å². The van der Waals surface area contributed by atoms with Crippen LogP contribution < -0.4 is 5.32 Å². The van der Waals surface area contributed by atoms with Crippen molar-refractivity contribution in [1.29, 1.82) is 0 Å². The van der Waals surface area contributed by atoms with Crippen molar-refractivity contribution < 1.29 is 0 Å². The fourth-order valence-corrected chi connectivity index (χ4v) is 1.14. The Hall–Kier alpha value is -0.480. The maximum Gasteiger partial charge on any atom is 0.0893 e. The topological polar surface area (TPSA) is 37.8 Å². The number of nitrogens with zero attached hydrogens (tertiary/aromatic N) is 2. The molecule has 0 bridgehead atoms. The summed E-state index contributed by atoms with van der Waals surface area (Å²) < 4.78 is 3.78. The highest BCUT2D eigenvalue weighted by Gasteiger charge is 1.99. The summed E-state index contributed by atoms with van der Waals surface area (Å²) in [6, 6.07) is 0.566. The molecule has 0 amide bonds. The molecule has 0 aliphatic heterocycles. The summed E-state index contributed by atoms with van der Waals surface area (Å²) in [6.07, 6.45) is 1.15. The predicted octanol–water partition coefficient (Wildman–Crippen LogP) is 1.43. The van der Waals surface area contributed by atoms with Gasteiger partial charge in [0.05, 0.1) is 5.69 Å². The van der Waals surface area contributed by atoms with Gasteiger partial charge in [0, 0.05) is 18.0 Å². The van der Waals surface area contributed by atoms with Crippen LogP contribution in [0.25, 0.3) is 0 Å². The summed E-state index contributed by atoms with van der Waals surface area (Å²) in [6.45, 7) is 5.17. The molecule has 0 saturated heterocycles. The van der Waals surface area contributed by atoms with Crippen LogP contribution in [0.3, 0.4) is 0 Å². The van der Waals surface area contributed by atoms with Crippen LogP contribution in [-0.2, 0) is 6.54 Å². The van der Waals surface area contributed by atoms with Crippen molar-refractivity contribution in [1.82, 2.24) is 14.9 Å². The Labute approximate surface area is 71.0 Å². The lowest BCUT2D eigenvalue weighted by molar-refractivity contribution is 0.528. The number of nitrogens with one attached hydrogen (secondary N) is 1. The van der Waals surface area contributed by atoms with Crippen LogP contribution in [0.15, 0.2) is 5.38 Å². The van der Waals surface area contributed by atoms with Gasteiger partial charge in [0.2, 0.25) is 0 Å². The van der Waals surface area contributed by atoms with E-state index in [0.29, 0.717) is 6.04 Å². The predicted molar refractivity (Wildman–Crippen MR) is 46.5 cm³/mol. The Morgan fingerprint density at radius 1 is 1.73 bits per heavy atom. The third-order valence-corrected chi connectivity index (χ3v) is 2.20. The van der Waals surface area contributed by atoms with E-state index in [2.05, 4.69) is 28.8 Å². The molecule has 0 saturated carbocycles. The minimum Gasteiger partial charge on any atom is -0.309 e. The number of rotatable bonds is 4. The average Bonchev–Trinajstić information content (AvgIpc) is 2.52. The number of aromatic nitrogens is 2. The van der Waals surface area contributed by atoms with E-state index in [-0.39, 0.29) is 0 Å². The molecule has 0 aliphatic rings. The highest BCUT2D eigenvalue weighted by atomic mass is 32.1. The van der Waals surface area contributed by atoms with E-state index in [1.54, 1.807) is 0 Å². The third-order valence-electron chi connectivity index (χ3n) is 1.65. The van der Waals surface area contributed by atoms with Gasteiger partial charge in [-0.1, -0.05) is 11.4 Å². The zero-order valence-electron chi connectivity index (χ0n) is 6.87. The van der Waals surface area contributed by atoms with Crippen molar-refractivity contribution in [2.45, 2.75) is 32.9 Å². The molecule has 0 aromatic carbocycles. The molecule has 1 aromatic heterocycles. The first-order valence-electron chi connectivity index (χ1n) is 3.82. The first-order valence-corrected chi connectivity index (χ1v) is 4.66. The molecular formula is C7H13N3S. The van der Waals surface area contributed by atoms with Crippen molar-refractivity contribution >= 4 is 11.5 Å². The number of hydrogen-bond acceptors (Lipinski definition) is 4. The minimum atomic E-state index is 0.566. The molecule has 3 nitrogen and oxygen atoms in total. The lowest BCUT2D eigenvalue weighted by Crippen LogP contribution is -2.24. The molecule has 0 aliphatic carbocycles. The first kappa shape index (κ1) is 8.62. The smallest absolute Gasteiger partial charge is 0.0893 e. The van der Waals surface area contributed by atoms with Crippen LogP contribution in [0, 0.1) is 0 Å². The van der Waals surface area contributed by atoms with E-state index < -0.39 is 0 Å². The van der Waals surface area contributed by atoms with Gasteiger partial charge in [-0.05, 0) is 24.9 Å². The van der Waals surface area contributed by atoms with Gasteiger partial charge < -0.3 is 5.32 Å². The fourth-order valence-electron chi connectivity index (χ4n) is 0.684. The molecule has 1 aromatic rings. The van der Waals surface area contributed by atoms with E-state index in [1.807, 2.05) is 5.38 Å². The van der Waals surface area contributed by atoms with E-state index in [9.17, 15) is 0 Å². The standard InChI is InChI=1S/C7H13N3S/c1-3-6(2)8-4-7-5-11-10-9-7/h5-6,8H,3-4H2,1-2H3. The van der Waals surface area contributed by atoms with Gasteiger partial charge in [-0.2, -0.15) is 0 Å². The van der Waals surface area contributed by atoms with Gasteiger partial charge >= 0.3 is 0 Å². The molecule has 1 N–H and O–H groups in total. The molecule has 0 spiro atoms. The maximum absolute atomic E-state index is 3.93. The van der Waals surface area contributed by atoms with E-state index >= 15 is 0 Å². The Bertz CT molecular complexity index is 186. The van der Waals surface area contributed by atoms with Gasteiger partial charge in [-0.25, -0.2) is 0 Å². The van der Waals surface area contributed by atoms with Crippen LogP contribution in [-0.4, -0.2) is 15.6 Å². The first-order chi connectivity index (χ1) is 5.33. The normalized spacial score (nSPS) is 13.3. The summed E-state index contributed by atoms with van der Waals surface area (Å²) in [5.41, 5.74) is 1.04. The zero-order valence-corrected chi connectivity index (χ0v) is 7.69. The number of hydrogen-bond donors (Lipinski definition) is 1. The monoisotopic (exact) mass is 171 g/mol. The van der Waals surface area contributed by atoms with Crippen molar-refractivity contribution in [2.24, 2.45) is 0 Å². The fraction of sp³-hybridized carbons (Fsp3) is 0.714. The summed E-state index contributed by atoms with van der Waals surface area (Å²) in [4.78, 5) is 0. The van der Waals surface area contributed by atoms with Gasteiger partial charge in [0.1, 0.15) is 0 Å². The van der Waals surface area contributed by atoms with Crippen molar-refractivity contribution in [2.75, 3.05) is 0 Å². The molecule has 1 heterocycles. The molecule has 11 heavy (non-hydrogen) atoms.